The Balaban J connectivity index is 1.98. The van der Waals surface area contributed by atoms with E-state index in [1.54, 1.807) is 39.8 Å². The van der Waals surface area contributed by atoms with E-state index in [4.69, 9.17) is 18.9 Å². The van der Waals surface area contributed by atoms with Gasteiger partial charge in [-0.3, -0.25) is 4.79 Å². The van der Waals surface area contributed by atoms with E-state index in [9.17, 15) is 19.5 Å². The first-order chi connectivity index (χ1) is 14.0. The van der Waals surface area contributed by atoms with E-state index < -0.39 is 53.8 Å². The lowest BCUT2D eigenvalue weighted by Gasteiger charge is -2.31. The molecule has 0 radical (unpaired) electrons. The average Bonchev–Trinajstić information content (AvgIpc) is 3.18. The number of hydrogen-bond acceptors (Lipinski definition) is 8. The summed E-state index contributed by atoms with van der Waals surface area (Å²) in [5.74, 6) is -2.50. The minimum Gasteiger partial charge on any atom is -0.458 e. The normalized spacial score (nSPS) is 42.1. The molecule has 2 heterocycles. The molecular formula is C22H28O8. The van der Waals surface area contributed by atoms with Crippen molar-refractivity contribution in [2.75, 3.05) is 0 Å². The largest absolute Gasteiger partial charge is 0.458 e. The van der Waals surface area contributed by atoms with Gasteiger partial charge in [0.15, 0.2) is 5.60 Å². The van der Waals surface area contributed by atoms with Crippen LogP contribution >= 0.6 is 0 Å². The number of carbonyl (C=O) groups excluding carboxylic acids is 3. The van der Waals surface area contributed by atoms with Gasteiger partial charge in [0.05, 0.1) is 12.0 Å². The maximum atomic E-state index is 12.7. The van der Waals surface area contributed by atoms with Crippen LogP contribution in [-0.2, 0) is 33.3 Å². The highest BCUT2D eigenvalue weighted by Gasteiger charge is 2.58. The predicted octanol–water partition coefficient (Wildman–Crippen LogP) is 1.76. The zero-order valence-electron chi connectivity index (χ0n) is 17.8. The van der Waals surface area contributed by atoms with Crippen molar-refractivity contribution < 1.29 is 38.4 Å². The second-order valence-electron chi connectivity index (χ2n) is 8.30. The topological polar surface area (TPSA) is 112 Å². The summed E-state index contributed by atoms with van der Waals surface area (Å²) in [6, 6.07) is 0. The van der Waals surface area contributed by atoms with Crippen LogP contribution in [0.5, 0.6) is 0 Å². The number of aliphatic hydroxyl groups excluding tert-OH is 1. The van der Waals surface area contributed by atoms with E-state index in [-0.39, 0.29) is 11.7 Å². The highest BCUT2D eigenvalue weighted by molar-refractivity contribution is 5.91. The van der Waals surface area contributed by atoms with Crippen molar-refractivity contribution in [2.45, 2.75) is 77.2 Å². The summed E-state index contributed by atoms with van der Waals surface area (Å²) in [4.78, 5) is 36.4. The Hall–Kier alpha value is -2.45. The molecule has 0 amide bonds. The van der Waals surface area contributed by atoms with Gasteiger partial charge in [0.2, 0.25) is 0 Å². The molecule has 2 fully saturated rings. The molecule has 7 atom stereocenters. The monoisotopic (exact) mass is 420 g/mol. The summed E-state index contributed by atoms with van der Waals surface area (Å²) in [6.07, 6.45) is -0.284. The van der Waals surface area contributed by atoms with Crippen molar-refractivity contribution in [1.82, 2.24) is 0 Å². The fraction of sp³-hybridized carbons (Fsp3) is 0.591. The summed E-state index contributed by atoms with van der Waals surface area (Å²) < 4.78 is 21.8. The lowest BCUT2D eigenvalue weighted by molar-refractivity contribution is -0.160. The van der Waals surface area contributed by atoms with E-state index in [2.05, 4.69) is 6.58 Å². The third-order valence-corrected chi connectivity index (χ3v) is 6.07. The molecule has 1 N–H and O–H groups in total. The Bertz CT molecular complexity index is 840. The van der Waals surface area contributed by atoms with E-state index in [1.165, 1.54) is 6.92 Å². The molecule has 0 spiro atoms. The van der Waals surface area contributed by atoms with Gasteiger partial charge >= 0.3 is 17.9 Å². The van der Waals surface area contributed by atoms with Crippen LogP contribution in [0, 0.1) is 5.92 Å². The highest BCUT2D eigenvalue weighted by atomic mass is 16.7. The second kappa shape index (κ2) is 8.00. The van der Waals surface area contributed by atoms with Gasteiger partial charge in [-0.1, -0.05) is 12.7 Å². The number of ether oxygens (including phenoxy) is 4. The van der Waals surface area contributed by atoms with Gasteiger partial charge in [0, 0.05) is 18.9 Å². The van der Waals surface area contributed by atoms with E-state index in [1.807, 2.05) is 0 Å². The van der Waals surface area contributed by atoms with Crippen molar-refractivity contribution in [3.05, 3.63) is 35.5 Å². The molecule has 3 aliphatic rings. The van der Waals surface area contributed by atoms with Crippen LogP contribution < -0.4 is 0 Å². The van der Waals surface area contributed by atoms with Crippen LogP contribution in [0.3, 0.4) is 0 Å². The smallest absolute Gasteiger partial charge is 0.341 e. The summed E-state index contributed by atoms with van der Waals surface area (Å²) >= 11 is 0. The molecule has 2 unspecified atom stereocenters. The lowest BCUT2D eigenvalue weighted by Crippen LogP contribution is -2.44. The Morgan fingerprint density at radius 2 is 1.90 bits per heavy atom. The van der Waals surface area contributed by atoms with Crippen molar-refractivity contribution >= 4 is 17.9 Å². The maximum Gasteiger partial charge on any atom is 0.341 e. The summed E-state index contributed by atoms with van der Waals surface area (Å²) in [5, 5.41) is 11.2. The zero-order chi connectivity index (χ0) is 22.4. The molecule has 8 nitrogen and oxygen atoms in total. The average molecular weight is 420 g/mol. The van der Waals surface area contributed by atoms with Crippen LogP contribution in [0.25, 0.3) is 0 Å². The molecule has 164 valence electrons. The van der Waals surface area contributed by atoms with Gasteiger partial charge in [-0.05, 0) is 44.9 Å². The molecule has 0 saturated carbocycles. The van der Waals surface area contributed by atoms with Gasteiger partial charge in [-0.15, -0.1) is 0 Å². The van der Waals surface area contributed by atoms with Gasteiger partial charge in [-0.2, -0.15) is 0 Å². The highest BCUT2D eigenvalue weighted by Crippen LogP contribution is 2.40. The molecule has 8 heteroatoms. The number of aliphatic hydroxyl groups is 1. The Morgan fingerprint density at radius 1 is 1.27 bits per heavy atom. The molecule has 1 aliphatic carbocycles. The molecule has 0 aromatic rings. The fourth-order valence-corrected chi connectivity index (χ4v) is 3.85. The molecule has 3 rings (SSSR count). The quantitative estimate of drug-likeness (QED) is 0.242. The first-order valence-corrected chi connectivity index (χ1v) is 9.94. The third-order valence-electron chi connectivity index (χ3n) is 6.07. The number of esters is 3. The van der Waals surface area contributed by atoms with Crippen LogP contribution in [0.1, 0.15) is 41.0 Å². The van der Waals surface area contributed by atoms with Crippen LogP contribution in [0.15, 0.2) is 35.5 Å². The van der Waals surface area contributed by atoms with Crippen molar-refractivity contribution in [3.63, 3.8) is 0 Å². The third kappa shape index (κ3) is 4.06. The van der Waals surface area contributed by atoms with Crippen LogP contribution in [0.4, 0.5) is 0 Å². The number of hydrogen-bond donors (Lipinski definition) is 1. The molecule has 0 bridgehead atoms. The lowest BCUT2D eigenvalue weighted by atomic mass is 9.83. The van der Waals surface area contributed by atoms with Gasteiger partial charge < -0.3 is 24.1 Å². The number of rotatable bonds is 3. The van der Waals surface area contributed by atoms with E-state index in [0.29, 0.717) is 17.6 Å². The van der Waals surface area contributed by atoms with E-state index >= 15 is 0 Å². The minimum atomic E-state index is -1.26. The standard InChI is InChI=1S/C22H28O8/c1-10-7-8-15(27-14(5)23)11(2)9-16-17(12(3)20(25)28-16)18(24)19(10)29-21(26)22(6)13(4)30-22/h7,9,13,15-19,24H,3,8H2,1-2,4-6H3/b10-7+,11-9-/t13-,15+,16-,17+,18?,19?,22-/m1/s1. The Kier molecular flexibility index (Phi) is 5.93. The van der Waals surface area contributed by atoms with Gasteiger partial charge in [-0.25, -0.2) is 9.59 Å². The van der Waals surface area contributed by atoms with Crippen molar-refractivity contribution in [2.24, 2.45) is 5.92 Å². The van der Waals surface area contributed by atoms with E-state index in [0.717, 1.165) is 0 Å². The molecule has 0 aromatic heterocycles. The fourth-order valence-electron chi connectivity index (χ4n) is 3.85. The van der Waals surface area contributed by atoms with Crippen LogP contribution in [0.2, 0.25) is 0 Å². The molecule has 30 heavy (non-hydrogen) atoms. The molecule has 0 aromatic carbocycles. The molecular weight excluding hydrogens is 392 g/mol. The molecule has 2 saturated heterocycles. The predicted molar refractivity (Wildman–Crippen MR) is 105 cm³/mol. The minimum absolute atomic E-state index is 0.0947. The maximum absolute atomic E-state index is 12.7. The van der Waals surface area contributed by atoms with Gasteiger partial charge in [0.25, 0.3) is 0 Å². The Labute approximate surface area is 175 Å². The first-order valence-electron chi connectivity index (χ1n) is 9.94. The number of carbonyl (C=O) groups is 3. The number of fused-ring (bicyclic) bond motifs is 1. The number of epoxide rings is 1. The van der Waals surface area contributed by atoms with Gasteiger partial charge in [0.1, 0.15) is 24.4 Å². The van der Waals surface area contributed by atoms with Crippen molar-refractivity contribution in [1.29, 1.82) is 0 Å². The van der Waals surface area contributed by atoms with Crippen LogP contribution in [-0.4, -0.2) is 59.1 Å². The molecule has 2 aliphatic heterocycles. The zero-order valence-corrected chi connectivity index (χ0v) is 17.8. The first kappa shape index (κ1) is 22.2. The summed E-state index contributed by atoms with van der Waals surface area (Å²) in [7, 11) is 0. The van der Waals surface area contributed by atoms with Crippen molar-refractivity contribution in [3.8, 4) is 0 Å². The summed E-state index contributed by atoms with van der Waals surface area (Å²) in [6.45, 7) is 11.9. The summed E-state index contributed by atoms with van der Waals surface area (Å²) in [5.41, 5.74) is 0.273. The second-order valence-corrected chi connectivity index (χ2v) is 8.30. The SMILES string of the molecule is C=C1C(=O)O[C@@H]2/C=C(/C)[C@@H](OC(C)=O)C/C=C(\C)C(OC(=O)[C@]3(C)O[C@@H]3C)C(O)[C@@H]12. The Morgan fingerprint density at radius 3 is 2.47 bits per heavy atom.